The first-order chi connectivity index (χ1) is 10.5. The Morgan fingerprint density at radius 3 is 2.55 bits per heavy atom. The van der Waals surface area contributed by atoms with Crippen molar-refractivity contribution in [2.24, 2.45) is 5.92 Å². The van der Waals surface area contributed by atoms with Crippen LogP contribution in [-0.4, -0.2) is 29.1 Å². The quantitative estimate of drug-likeness (QED) is 0.847. The fourth-order valence-electron chi connectivity index (χ4n) is 2.65. The summed E-state index contributed by atoms with van der Waals surface area (Å²) in [4.78, 5) is 23.4. The Hall–Kier alpha value is -2.04. The fourth-order valence-corrected chi connectivity index (χ4v) is 2.65. The van der Waals surface area contributed by atoms with Gasteiger partial charge in [-0.2, -0.15) is 0 Å². The van der Waals surface area contributed by atoms with Crippen molar-refractivity contribution in [2.45, 2.75) is 51.7 Å². The second-order valence-corrected chi connectivity index (χ2v) is 6.09. The Morgan fingerprint density at radius 2 is 1.95 bits per heavy atom. The Bertz CT molecular complexity index is 535. The van der Waals surface area contributed by atoms with E-state index in [4.69, 9.17) is 9.84 Å². The van der Waals surface area contributed by atoms with Crippen LogP contribution in [0.5, 0.6) is 5.75 Å². The van der Waals surface area contributed by atoms with Crippen molar-refractivity contribution in [3.8, 4) is 5.75 Å². The summed E-state index contributed by atoms with van der Waals surface area (Å²) < 4.78 is 5.87. The lowest BCUT2D eigenvalue weighted by molar-refractivity contribution is -0.140. The molecular weight excluding hydrogens is 282 g/mol. The summed E-state index contributed by atoms with van der Waals surface area (Å²) in [6, 6.07) is 6.02. The highest BCUT2D eigenvalue weighted by molar-refractivity contribution is 5.96. The third-order valence-electron chi connectivity index (χ3n) is 3.92. The van der Waals surface area contributed by atoms with Crippen molar-refractivity contribution in [3.63, 3.8) is 0 Å². The molecule has 5 nitrogen and oxygen atoms in total. The van der Waals surface area contributed by atoms with Gasteiger partial charge in [-0.25, -0.2) is 4.79 Å². The molecule has 0 bridgehead atoms. The first kappa shape index (κ1) is 16.3. The van der Waals surface area contributed by atoms with E-state index in [0.29, 0.717) is 11.3 Å². The molecule has 1 fully saturated rings. The van der Waals surface area contributed by atoms with Crippen LogP contribution in [0.3, 0.4) is 0 Å². The average molecular weight is 305 g/mol. The topological polar surface area (TPSA) is 75.6 Å². The molecule has 120 valence electrons. The molecule has 2 rings (SSSR count). The van der Waals surface area contributed by atoms with Gasteiger partial charge in [0.05, 0.1) is 6.10 Å². The number of benzene rings is 1. The zero-order chi connectivity index (χ0) is 16.1. The Kier molecular flexibility index (Phi) is 5.41. The van der Waals surface area contributed by atoms with Crippen LogP contribution in [0.25, 0.3) is 0 Å². The van der Waals surface area contributed by atoms with E-state index >= 15 is 0 Å². The monoisotopic (exact) mass is 305 g/mol. The molecular formula is C17H23NO4. The van der Waals surface area contributed by atoms with Crippen LogP contribution < -0.4 is 10.1 Å². The van der Waals surface area contributed by atoms with Gasteiger partial charge < -0.3 is 15.2 Å². The van der Waals surface area contributed by atoms with Crippen molar-refractivity contribution in [1.29, 1.82) is 0 Å². The van der Waals surface area contributed by atoms with Gasteiger partial charge in [-0.1, -0.05) is 19.9 Å². The van der Waals surface area contributed by atoms with E-state index in [0.717, 1.165) is 12.8 Å². The van der Waals surface area contributed by atoms with Gasteiger partial charge in [-0.15, -0.1) is 0 Å². The third kappa shape index (κ3) is 4.23. The second-order valence-electron chi connectivity index (χ2n) is 6.09. The highest BCUT2D eigenvalue weighted by Crippen LogP contribution is 2.24. The maximum Gasteiger partial charge on any atom is 0.326 e. The Morgan fingerprint density at radius 1 is 1.27 bits per heavy atom. The van der Waals surface area contributed by atoms with Crippen molar-refractivity contribution < 1.29 is 19.4 Å². The number of hydrogen-bond acceptors (Lipinski definition) is 3. The molecule has 1 aromatic carbocycles. The van der Waals surface area contributed by atoms with Crippen molar-refractivity contribution in [1.82, 2.24) is 5.32 Å². The summed E-state index contributed by atoms with van der Waals surface area (Å²) in [6.07, 6.45) is 4.68. The van der Waals surface area contributed by atoms with E-state index in [1.54, 1.807) is 32.0 Å². The SMILES string of the molecule is CC(C)C(NC(=O)c1cccc(OC2CCCC2)c1)C(=O)O. The summed E-state index contributed by atoms with van der Waals surface area (Å²) >= 11 is 0. The van der Waals surface area contributed by atoms with Gasteiger partial charge in [0.15, 0.2) is 0 Å². The maximum atomic E-state index is 12.2. The van der Waals surface area contributed by atoms with Gasteiger partial charge in [0.1, 0.15) is 11.8 Å². The normalized spacial score (nSPS) is 16.5. The Labute approximate surface area is 130 Å². The molecule has 1 atom stereocenters. The molecule has 5 heteroatoms. The van der Waals surface area contributed by atoms with Crippen LogP contribution in [0.2, 0.25) is 0 Å². The van der Waals surface area contributed by atoms with Crippen LogP contribution in [0.1, 0.15) is 49.9 Å². The number of nitrogens with one attached hydrogen (secondary N) is 1. The maximum absolute atomic E-state index is 12.2. The summed E-state index contributed by atoms with van der Waals surface area (Å²) in [5, 5.41) is 11.7. The van der Waals surface area contributed by atoms with Crippen LogP contribution in [0, 0.1) is 5.92 Å². The predicted octanol–water partition coefficient (Wildman–Crippen LogP) is 2.85. The molecule has 22 heavy (non-hydrogen) atoms. The van der Waals surface area contributed by atoms with E-state index in [1.165, 1.54) is 12.8 Å². The lowest BCUT2D eigenvalue weighted by Crippen LogP contribution is -2.44. The molecule has 0 aromatic heterocycles. The molecule has 1 unspecified atom stereocenters. The highest BCUT2D eigenvalue weighted by Gasteiger charge is 2.24. The second kappa shape index (κ2) is 7.29. The van der Waals surface area contributed by atoms with Crippen LogP contribution >= 0.6 is 0 Å². The number of carbonyl (C=O) groups excluding carboxylic acids is 1. The summed E-state index contributed by atoms with van der Waals surface area (Å²) in [6.45, 7) is 3.53. The van der Waals surface area contributed by atoms with E-state index in [1.807, 2.05) is 6.07 Å². The zero-order valence-electron chi connectivity index (χ0n) is 13.0. The lowest BCUT2D eigenvalue weighted by Gasteiger charge is -2.18. The van der Waals surface area contributed by atoms with Crippen LogP contribution in [0.15, 0.2) is 24.3 Å². The molecule has 1 aliphatic rings. The molecule has 1 aromatic rings. The standard InChI is InChI=1S/C17H23NO4/c1-11(2)15(17(20)21)18-16(19)12-6-5-9-14(10-12)22-13-7-3-4-8-13/h5-6,9-11,13,15H,3-4,7-8H2,1-2H3,(H,18,19)(H,20,21). The molecule has 0 saturated heterocycles. The number of carbonyl (C=O) groups is 2. The Balaban J connectivity index is 2.04. The molecule has 0 radical (unpaired) electrons. The number of ether oxygens (including phenoxy) is 1. The molecule has 1 saturated carbocycles. The van der Waals surface area contributed by atoms with Gasteiger partial charge >= 0.3 is 5.97 Å². The summed E-state index contributed by atoms with van der Waals surface area (Å²) in [7, 11) is 0. The molecule has 0 spiro atoms. The average Bonchev–Trinajstić information content (AvgIpc) is 2.97. The fraction of sp³-hybridized carbons (Fsp3) is 0.529. The van der Waals surface area contributed by atoms with Gasteiger partial charge in [-0.3, -0.25) is 4.79 Å². The minimum Gasteiger partial charge on any atom is -0.490 e. The number of hydrogen-bond donors (Lipinski definition) is 2. The predicted molar refractivity (Wildman–Crippen MR) is 83.1 cm³/mol. The largest absolute Gasteiger partial charge is 0.490 e. The number of rotatable bonds is 6. The number of amides is 1. The van der Waals surface area contributed by atoms with Crippen molar-refractivity contribution in [2.75, 3.05) is 0 Å². The molecule has 0 heterocycles. The lowest BCUT2D eigenvalue weighted by atomic mass is 10.0. The molecule has 1 amide bonds. The first-order valence-electron chi connectivity index (χ1n) is 7.77. The smallest absolute Gasteiger partial charge is 0.326 e. The van der Waals surface area contributed by atoms with Crippen LogP contribution in [0.4, 0.5) is 0 Å². The zero-order valence-corrected chi connectivity index (χ0v) is 13.0. The van der Waals surface area contributed by atoms with E-state index in [2.05, 4.69) is 5.32 Å². The highest BCUT2D eigenvalue weighted by atomic mass is 16.5. The van der Waals surface area contributed by atoms with E-state index < -0.39 is 17.9 Å². The van der Waals surface area contributed by atoms with Crippen LogP contribution in [-0.2, 0) is 4.79 Å². The molecule has 1 aliphatic carbocycles. The minimum absolute atomic E-state index is 0.181. The van der Waals surface area contributed by atoms with E-state index in [-0.39, 0.29) is 12.0 Å². The summed E-state index contributed by atoms with van der Waals surface area (Å²) in [5.41, 5.74) is 0.419. The summed E-state index contributed by atoms with van der Waals surface area (Å²) in [5.74, 6) is -0.935. The van der Waals surface area contributed by atoms with Gasteiger partial charge in [0, 0.05) is 5.56 Å². The minimum atomic E-state index is -1.03. The number of aliphatic carboxylic acids is 1. The van der Waals surface area contributed by atoms with Gasteiger partial charge in [0.2, 0.25) is 0 Å². The number of carboxylic acid groups (broad SMARTS) is 1. The number of carboxylic acids is 1. The third-order valence-corrected chi connectivity index (χ3v) is 3.92. The van der Waals surface area contributed by atoms with Crippen molar-refractivity contribution in [3.05, 3.63) is 29.8 Å². The van der Waals surface area contributed by atoms with Crippen molar-refractivity contribution >= 4 is 11.9 Å². The van der Waals surface area contributed by atoms with Gasteiger partial charge in [-0.05, 0) is 49.8 Å². The first-order valence-corrected chi connectivity index (χ1v) is 7.77. The van der Waals surface area contributed by atoms with Gasteiger partial charge in [0.25, 0.3) is 5.91 Å². The van der Waals surface area contributed by atoms with E-state index in [9.17, 15) is 9.59 Å². The molecule has 0 aliphatic heterocycles. The molecule has 2 N–H and O–H groups in total.